The summed E-state index contributed by atoms with van der Waals surface area (Å²) in [6.07, 6.45) is 3.38. The molecule has 0 saturated carbocycles. The Morgan fingerprint density at radius 3 is 2.93 bits per heavy atom. The van der Waals surface area contributed by atoms with Gasteiger partial charge >= 0.3 is 0 Å². The monoisotopic (exact) mass is 188 g/mol. The molecule has 0 aliphatic carbocycles. The lowest BCUT2D eigenvalue weighted by atomic mass is 10.4. The average molecular weight is 188 g/mol. The third-order valence-corrected chi connectivity index (χ3v) is 2.38. The van der Waals surface area contributed by atoms with Gasteiger partial charge in [0.1, 0.15) is 0 Å². The van der Waals surface area contributed by atoms with Crippen LogP contribution in [0.15, 0.2) is 18.5 Å². The second-order valence-electron chi connectivity index (χ2n) is 3.39. The third kappa shape index (κ3) is 0.761. The number of H-pyrrole nitrogens is 1. The second-order valence-corrected chi connectivity index (χ2v) is 3.39. The van der Waals surface area contributed by atoms with Crippen molar-refractivity contribution in [2.24, 2.45) is 0 Å². The number of hydrogen-bond donors (Lipinski definition) is 1. The van der Waals surface area contributed by atoms with Gasteiger partial charge in [-0.3, -0.25) is 0 Å². The highest BCUT2D eigenvalue weighted by Gasteiger charge is 2.18. The van der Waals surface area contributed by atoms with Gasteiger partial charge in [-0.1, -0.05) is 4.52 Å². The number of rotatable bonds is 0. The maximum Gasteiger partial charge on any atom is 0.245 e. The van der Waals surface area contributed by atoms with E-state index in [9.17, 15) is 0 Å². The number of aryl methyl sites for hydroxylation is 2. The molecule has 0 saturated heterocycles. The average Bonchev–Trinajstić information content (AvgIpc) is 2.66. The molecule has 0 amide bonds. The lowest BCUT2D eigenvalue weighted by molar-refractivity contribution is -0.675. The molecular formula is C9H10N5+. The molecule has 0 radical (unpaired) electrons. The maximum absolute atomic E-state index is 4.29. The molecule has 0 aromatic carbocycles. The lowest BCUT2D eigenvalue weighted by Gasteiger charge is -1.83. The third-order valence-electron chi connectivity index (χ3n) is 2.38. The molecule has 0 spiro atoms. The van der Waals surface area contributed by atoms with Crippen LogP contribution < -0.4 is 4.63 Å². The first kappa shape index (κ1) is 7.49. The predicted molar refractivity (Wildman–Crippen MR) is 50.0 cm³/mol. The molecule has 1 N–H and O–H groups in total. The number of aromatic nitrogens is 5. The van der Waals surface area contributed by atoms with E-state index in [1.54, 1.807) is 12.4 Å². The van der Waals surface area contributed by atoms with E-state index in [0.717, 1.165) is 22.7 Å². The van der Waals surface area contributed by atoms with Crippen molar-refractivity contribution < 1.29 is 4.63 Å². The predicted octanol–water partition coefficient (Wildman–Crippen LogP) is 0.413. The summed E-state index contributed by atoms with van der Waals surface area (Å²) >= 11 is 0. The van der Waals surface area contributed by atoms with Crippen LogP contribution in [0.2, 0.25) is 0 Å². The zero-order valence-corrected chi connectivity index (χ0v) is 8.02. The van der Waals surface area contributed by atoms with Crippen molar-refractivity contribution in [3.8, 4) is 0 Å². The fraction of sp³-hybridized carbons (Fsp3) is 0.222. The van der Waals surface area contributed by atoms with Crippen molar-refractivity contribution in [3.05, 3.63) is 29.8 Å². The molecule has 3 rings (SSSR count). The number of nitrogens with zero attached hydrogens (tertiary/aromatic N) is 4. The molecule has 5 heteroatoms. The summed E-state index contributed by atoms with van der Waals surface area (Å²) in [4.78, 5) is 8.51. The Hall–Kier alpha value is -1.91. The van der Waals surface area contributed by atoms with Gasteiger partial charge in [0.05, 0.1) is 5.69 Å². The number of hydrogen-bond acceptors (Lipinski definition) is 2. The van der Waals surface area contributed by atoms with Crippen molar-refractivity contribution in [1.82, 2.24) is 19.6 Å². The number of fused-ring (bicyclic) bond motifs is 3. The van der Waals surface area contributed by atoms with Crippen LogP contribution in [0.5, 0.6) is 0 Å². The minimum absolute atomic E-state index is 0.805. The second kappa shape index (κ2) is 2.31. The van der Waals surface area contributed by atoms with Gasteiger partial charge in [0.15, 0.2) is 0 Å². The minimum Gasteiger partial charge on any atom is -0.229 e. The molecule has 0 aliphatic rings. The maximum atomic E-state index is 4.29. The van der Waals surface area contributed by atoms with E-state index >= 15 is 0 Å². The van der Waals surface area contributed by atoms with Gasteiger partial charge in [-0.05, 0) is 6.92 Å². The first-order valence-corrected chi connectivity index (χ1v) is 4.47. The fourth-order valence-electron chi connectivity index (χ4n) is 1.80. The molecule has 3 aromatic rings. The van der Waals surface area contributed by atoms with E-state index in [4.69, 9.17) is 0 Å². The summed E-state index contributed by atoms with van der Waals surface area (Å²) in [7, 11) is 0. The van der Waals surface area contributed by atoms with Gasteiger partial charge in [-0.25, -0.2) is 9.97 Å². The van der Waals surface area contributed by atoms with Crippen LogP contribution in [0.3, 0.4) is 0 Å². The van der Waals surface area contributed by atoms with Crippen LogP contribution in [0, 0.1) is 13.8 Å². The summed E-state index contributed by atoms with van der Waals surface area (Å²) in [5.41, 5.74) is 3.95. The normalized spacial score (nSPS) is 11.6. The van der Waals surface area contributed by atoms with Gasteiger partial charge in [0.2, 0.25) is 17.0 Å². The molecule has 0 atom stereocenters. The SMILES string of the molecule is Cc1cc(C)[n+]2[nH]c3nccnc3n12. The van der Waals surface area contributed by atoms with Crippen LogP contribution in [0.4, 0.5) is 0 Å². The molecule has 3 heterocycles. The van der Waals surface area contributed by atoms with Crippen LogP contribution in [-0.4, -0.2) is 19.6 Å². The molecule has 70 valence electrons. The highest BCUT2D eigenvalue weighted by molar-refractivity contribution is 5.62. The van der Waals surface area contributed by atoms with Gasteiger partial charge in [0, 0.05) is 30.0 Å². The Bertz CT molecular complexity index is 618. The van der Waals surface area contributed by atoms with Crippen molar-refractivity contribution in [3.63, 3.8) is 0 Å². The summed E-state index contributed by atoms with van der Waals surface area (Å²) in [5.74, 6) is 0. The van der Waals surface area contributed by atoms with Gasteiger partial charge in [-0.2, -0.15) is 0 Å². The number of nitrogens with one attached hydrogen (secondary N) is 1. The highest BCUT2D eigenvalue weighted by atomic mass is 15.5. The fourth-order valence-corrected chi connectivity index (χ4v) is 1.80. The number of aromatic amines is 1. The molecule has 0 aliphatic heterocycles. The van der Waals surface area contributed by atoms with Crippen LogP contribution in [-0.2, 0) is 0 Å². The summed E-state index contributed by atoms with van der Waals surface area (Å²) in [6, 6.07) is 2.10. The molecule has 3 aromatic heterocycles. The van der Waals surface area contributed by atoms with Crippen LogP contribution in [0.1, 0.15) is 11.4 Å². The Morgan fingerprint density at radius 2 is 2.07 bits per heavy atom. The summed E-state index contributed by atoms with van der Waals surface area (Å²) in [6.45, 7) is 4.09. The quantitative estimate of drug-likeness (QED) is 0.519. The van der Waals surface area contributed by atoms with E-state index in [2.05, 4.69) is 28.1 Å². The van der Waals surface area contributed by atoms with E-state index in [1.807, 2.05) is 16.1 Å². The highest BCUT2D eigenvalue weighted by Crippen LogP contribution is 2.06. The van der Waals surface area contributed by atoms with E-state index < -0.39 is 0 Å². The zero-order valence-electron chi connectivity index (χ0n) is 8.02. The topological polar surface area (TPSA) is 50.1 Å². The first-order valence-electron chi connectivity index (χ1n) is 4.47. The van der Waals surface area contributed by atoms with Crippen molar-refractivity contribution >= 4 is 11.3 Å². The van der Waals surface area contributed by atoms with Crippen molar-refractivity contribution in [2.45, 2.75) is 13.8 Å². The Balaban J connectivity index is 2.65. The molecule has 0 unspecified atom stereocenters. The Kier molecular flexibility index (Phi) is 1.24. The minimum atomic E-state index is 0.805. The Labute approximate surface area is 80.0 Å². The zero-order chi connectivity index (χ0) is 9.71. The van der Waals surface area contributed by atoms with E-state index in [1.165, 1.54) is 0 Å². The molecule has 5 nitrogen and oxygen atoms in total. The van der Waals surface area contributed by atoms with E-state index in [-0.39, 0.29) is 0 Å². The molecular weight excluding hydrogens is 178 g/mol. The van der Waals surface area contributed by atoms with Crippen molar-refractivity contribution in [2.75, 3.05) is 0 Å². The molecule has 0 bridgehead atoms. The molecule has 0 fully saturated rings. The summed E-state index contributed by atoms with van der Waals surface area (Å²) in [5, 5.41) is 3.17. The smallest absolute Gasteiger partial charge is 0.229 e. The standard InChI is InChI=1S/C9H10N5/c1-6-5-7(2)14-12-8-9(13(6)14)11-4-3-10-8/h3-5H,1-2H3,(H,10,12)/q+1. The Morgan fingerprint density at radius 1 is 1.29 bits per heavy atom. The first-order chi connectivity index (χ1) is 6.77. The van der Waals surface area contributed by atoms with E-state index in [0.29, 0.717) is 0 Å². The van der Waals surface area contributed by atoms with Crippen LogP contribution >= 0.6 is 0 Å². The van der Waals surface area contributed by atoms with Crippen molar-refractivity contribution in [1.29, 1.82) is 0 Å². The van der Waals surface area contributed by atoms with Gasteiger partial charge in [-0.15, -0.1) is 5.10 Å². The largest absolute Gasteiger partial charge is 0.245 e. The summed E-state index contributed by atoms with van der Waals surface area (Å²) < 4.78 is 3.96. The van der Waals surface area contributed by atoms with Gasteiger partial charge < -0.3 is 0 Å². The lowest BCUT2D eigenvalue weighted by Crippen LogP contribution is -2.30. The molecule has 14 heavy (non-hydrogen) atoms. The van der Waals surface area contributed by atoms with Gasteiger partial charge in [0.25, 0.3) is 0 Å². The van der Waals surface area contributed by atoms with Crippen LogP contribution in [0.25, 0.3) is 11.3 Å².